The molecule has 0 radical (unpaired) electrons. The summed E-state index contributed by atoms with van der Waals surface area (Å²) in [5.74, 6) is 0.515. The number of hydrogen-bond donors (Lipinski definition) is 4. The largest absolute Gasteiger partial charge is 0.398 e. The van der Waals surface area contributed by atoms with Crippen molar-refractivity contribution < 1.29 is 9.90 Å². The molecule has 0 bridgehead atoms. The van der Waals surface area contributed by atoms with Crippen LogP contribution in [0.1, 0.15) is 36.2 Å². The number of nitrogens with zero attached hydrogens (tertiary/aromatic N) is 3. The number of pyridine rings is 1. The smallest absolute Gasteiger partial charge is 0.254 e. The van der Waals surface area contributed by atoms with E-state index in [0.717, 1.165) is 5.56 Å². The van der Waals surface area contributed by atoms with Gasteiger partial charge in [-0.15, -0.1) is 0 Å². The van der Waals surface area contributed by atoms with Crippen LogP contribution in [0, 0.1) is 6.92 Å². The average Bonchev–Trinajstić information content (AvgIpc) is 2.48. The second kappa shape index (κ2) is 7.22. The lowest BCUT2D eigenvalue weighted by molar-refractivity contribution is 0.0693. The molecule has 2 aromatic rings. The van der Waals surface area contributed by atoms with Gasteiger partial charge in [0.2, 0.25) is 5.95 Å². The summed E-state index contributed by atoms with van der Waals surface area (Å²) >= 11 is 0. The van der Waals surface area contributed by atoms with Gasteiger partial charge in [-0.05, 0) is 32.8 Å². The van der Waals surface area contributed by atoms with Gasteiger partial charge in [-0.3, -0.25) is 4.79 Å². The summed E-state index contributed by atoms with van der Waals surface area (Å²) in [6.45, 7) is 5.61. The van der Waals surface area contributed by atoms with Crippen molar-refractivity contribution in [1.29, 1.82) is 0 Å². The van der Waals surface area contributed by atoms with Crippen LogP contribution in [0.15, 0.2) is 24.7 Å². The van der Waals surface area contributed by atoms with Crippen molar-refractivity contribution in [1.82, 2.24) is 20.3 Å². The Morgan fingerprint density at radius 1 is 1.25 bits per heavy atom. The molecule has 2 rings (SSSR count). The van der Waals surface area contributed by atoms with E-state index in [-0.39, 0.29) is 11.5 Å². The fourth-order valence-corrected chi connectivity index (χ4v) is 1.88. The summed E-state index contributed by atoms with van der Waals surface area (Å²) in [6, 6.07) is 1.55. The molecule has 8 nitrogen and oxygen atoms in total. The van der Waals surface area contributed by atoms with Gasteiger partial charge < -0.3 is 21.5 Å². The second-order valence-electron chi connectivity index (χ2n) is 6.18. The number of carbonyl (C=O) groups excluding carboxylic acids is 1. The lowest BCUT2D eigenvalue weighted by Gasteiger charge is -2.17. The molecule has 0 saturated carbocycles. The van der Waals surface area contributed by atoms with Crippen molar-refractivity contribution in [3.05, 3.63) is 35.8 Å². The highest BCUT2D eigenvalue weighted by Crippen LogP contribution is 2.17. The molecule has 5 N–H and O–H groups in total. The van der Waals surface area contributed by atoms with Crippen LogP contribution in [0.3, 0.4) is 0 Å². The van der Waals surface area contributed by atoms with Crippen LogP contribution in [0.2, 0.25) is 0 Å². The van der Waals surface area contributed by atoms with Crippen LogP contribution in [0.4, 0.5) is 17.5 Å². The third kappa shape index (κ3) is 5.17. The van der Waals surface area contributed by atoms with E-state index in [9.17, 15) is 9.90 Å². The molecule has 0 atom stereocenters. The number of amides is 1. The molecular formula is C16H22N6O2. The van der Waals surface area contributed by atoms with Crippen molar-refractivity contribution in [3.8, 4) is 0 Å². The SMILES string of the molecule is Cc1cnc(Nc2cc(N)c(C(=O)NCCC(C)(C)O)cn2)nc1. The van der Waals surface area contributed by atoms with E-state index >= 15 is 0 Å². The van der Waals surface area contributed by atoms with E-state index in [1.54, 1.807) is 32.3 Å². The van der Waals surface area contributed by atoms with E-state index in [1.807, 2.05) is 6.92 Å². The molecule has 24 heavy (non-hydrogen) atoms. The zero-order chi connectivity index (χ0) is 17.7. The van der Waals surface area contributed by atoms with E-state index in [1.165, 1.54) is 6.20 Å². The molecule has 0 aliphatic heterocycles. The van der Waals surface area contributed by atoms with Crippen LogP contribution in [0.5, 0.6) is 0 Å². The molecule has 0 aliphatic rings. The summed E-state index contributed by atoms with van der Waals surface area (Å²) in [4.78, 5) is 24.5. The number of rotatable bonds is 6. The van der Waals surface area contributed by atoms with Gasteiger partial charge in [0.1, 0.15) is 5.82 Å². The van der Waals surface area contributed by atoms with Gasteiger partial charge in [-0.2, -0.15) is 0 Å². The zero-order valence-electron chi connectivity index (χ0n) is 14.0. The minimum Gasteiger partial charge on any atom is -0.398 e. The minimum absolute atomic E-state index is 0.279. The van der Waals surface area contributed by atoms with Crippen LogP contribution < -0.4 is 16.4 Å². The molecular weight excluding hydrogens is 308 g/mol. The minimum atomic E-state index is -0.834. The Morgan fingerprint density at radius 2 is 1.92 bits per heavy atom. The van der Waals surface area contributed by atoms with Crippen molar-refractivity contribution in [2.24, 2.45) is 0 Å². The molecule has 2 aromatic heterocycles. The van der Waals surface area contributed by atoms with Gasteiger partial charge in [0.15, 0.2) is 0 Å². The number of nitrogens with two attached hydrogens (primary N) is 1. The Balaban J connectivity index is 2.01. The number of aryl methyl sites for hydroxylation is 1. The first-order valence-corrected chi connectivity index (χ1v) is 7.56. The molecule has 0 saturated heterocycles. The topological polar surface area (TPSA) is 126 Å². The predicted octanol–water partition coefficient (Wildman–Crippen LogP) is 1.40. The van der Waals surface area contributed by atoms with Crippen LogP contribution >= 0.6 is 0 Å². The highest BCUT2D eigenvalue weighted by Gasteiger charge is 2.15. The number of carbonyl (C=O) groups is 1. The predicted molar refractivity (Wildman–Crippen MR) is 91.9 cm³/mol. The molecule has 8 heteroatoms. The lowest BCUT2D eigenvalue weighted by atomic mass is 10.1. The van der Waals surface area contributed by atoms with Crippen molar-refractivity contribution in [2.75, 3.05) is 17.6 Å². The molecule has 128 valence electrons. The quantitative estimate of drug-likeness (QED) is 0.630. The number of nitrogen functional groups attached to an aromatic ring is 1. The van der Waals surface area contributed by atoms with Crippen LogP contribution in [-0.2, 0) is 0 Å². The van der Waals surface area contributed by atoms with E-state index in [4.69, 9.17) is 5.73 Å². The maximum absolute atomic E-state index is 12.1. The zero-order valence-corrected chi connectivity index (χ0v) is 14.0. The first kappa shape index (κ1) is 17.6. The molecule has 0 aliphatic carbocycles. The molecule has 0 fully saturated rings. The maximum Gasteiger partial charge on any atom is 0.254 e. The second-order valence-corrected chi connectivity index (χ2v) is 6.18. The van der Waals surface area contributed by atoms with Crippen molar-refractivity contribution >= 4 is 23.4 Å². The Morgan fingerprint density at radius 3 is 2.50 bits per heavy atom. The summed E-state index contributed by atoms with van der Waals surface area (Å²) in [5, 5.41) is 15.3. The highest BCUT2D eigenvalue weighted by molar-refractivity contribution is 5.99. The van der Waals surface area contributed by atoms with Gasteiger partial charge >= 0.3 is 0 Å². The van der Waals surface area contributed by atoms with Gasteiger partial charge in [-0.25, -0.2) is 15.0 Å². The van der Waals surface area contributed by atoms with Crippen LogP contribution in [0.25, 0.3) is 0 Å². The number of anilines is 3. The summed E-state index contributed by atoms with van der Waals surface area (Å²) in [7, 11) is 0. The normalized spacial score (nSPS) is 11.2. The number of nitrogens with one attached hydrogen (secondary N) is 2. The fourth-order valence-electron chi connectivity index (χ4n) is 1.88. The molecule has 2 heterocycles. The standard InChI is InChI=1S/C16H22N6O2/c1-10-7-20-15(21-8-10)22-13-6-12(17)11(9-19-13)14(23)18-5-4-16(2,3)24/h6-9,24H,4-5H2,1-3H3,(H,18,23)(H3,17,19,20,21,22). The Kier molecular flexibility index (Phi) is 5.30. The number of aliphatic hydroxyl groups is 1. The Labute approximate surface area is 140 Å². The average molecular weight is 330 g/mol. The van der Waals surface area contributed by atoms with Crippen molar-refractivity contribution in [3.63, 3.8) is 0 Å². The number of aromatic nitrogens is 3. The summed E-state index contributed by atoms with van der Waals surface area (Å²) in [5.41, 5.74) is 6.61. The van der Waals surface area contributed by atoms with Gasteiger partial charge in [0.25, 0.3) is 5.91 Å². The lowest BCUT2D eigenvalue weighted by Crippen LogP contribution is -2.31. The molecule has 0 spiro atoms. The summed E-state index contributed by atoms with van der Waals surface area (Å²) < 4.78 is 0. The van der Waals surface area contributed by atoms with Gasteiger partial charge in [0.05, 0.1) is 11.2 Å². The fraction of sp³-hybridized carbons (Fsp3) is 0.375. The monoisotopic (exact) mass is 330 g/mol. The van der Waals surface area contributed by atoms with E-state index < -0.39 is 5.60 Å². The van der Waals surface area contributed by atoms with E-state index in [2.05, 4.69) is 25.6 Å². The Hall–Kier alpha value is -2.74. The third-order valence-electron chi connectivity index (χ3n) is 3.22. The van der Waals surface area contributed by atoms with Gasteiger partial charge in [0, 0.05) is 36.9 Å². The van der Waals surface area contributed by atoms with E-state index in [0.29, 0.717) is 30.4 Å². The molecule has 1 amide bonds. The van der Waals surface area contributed by atoms with Gasteiger partial charge in [-0.1, -0.05) is 0 Å². The summed E-state index contributed by atoms with van der Waals surface area (Å²) in [6.07, 6.45) is 5.20. The highest BCUT2D eigenvalue weighted by atomic mass is 16.3. The maximum atomic E-state index is 12.1. The van der Waals surface area contributed by atoms with Crippen LogP contribution in [-0.4, -0.2) is 38.1 Å². The molecule has 0 aromatic carbocycles. The third-order valence-corrected chi connectivity index (χ3v) is 3.22. The first-order valence-electron chi connectivity index (χ1n) is 7.56. The molecule has 0 unspecified atom stereocenters. The first-order chi connectivity index (χ1) is 11.2. The van der Waals surface area contributed by atoms with Crippen molar-refractivity contribution in [2.45, 2.75) is 32.8 Å². The Bertz CT molecular complexity index is 709. The number of hydrogen-bond acceptors (Lipinski definition) is 7.